The van der Waals surface area contributed by atoms with Gasteiger partial charge >= 0.3 is 39.5 Å². The Balaban J connectivity index is 5.22. The third-order valence-corrected chi connectivity index (χ3v) is 20.1. The summed E-state index contributed by atoms with van der Waals surface area (Å²) in [5.74, 6) is -0.609. The Kier molecular flexibility index (Phi) is 68.4. The van der Waals surface area contributed by atoms with Crippen molar-refractivity contribution in [2.75, 3.05) is 39.6 Å². The maximum atomic E-state index is 13.1. The lowest BCUT2D eigenvalue weighted by molar-refractivity contribution is -0.161. The molecule has 0 saturated heterocycles. The number of ether oxygens (including phenoxy) is 4. The molecule has 0 radical (unpaired) electrons. The SMILES string of the molecule is CCCCCCCCCCCCCCCCCCCCCC(=O)O[C@H](COC(=O)CCCCCCCCCCCCCCCCC(C)C)COP(=O)(O)OC[C@@H](O)COP(=O)(O)OC[C@@H](COC(=O)CCCCCCCCCC(C)C)OC(=O)CCCCCCCCCCCCC. The van der Waals surface area contributed by atoms with Gasteiger partial charge in [0, 0.05) is 25.7 Å². The second-order valence-electron chi connectivity index (χ2n) is 29.1. The number of carbonyl (C=O) groups is 4. The van der Waals surface area contributed by atoms with Gasteiger partial charge in [0.2, 0.25) is 0 Å². The van der Waals surface area contributed by atoms with Gasteiger partial charge in [0.25, 0.3) is 0 Å². The zero-order chi connectivity index (χ0) is 71.4. The monoisotopic (exact) mass is 1420 g/mol. The lowest BCUT2D eigenvalue weighted by Crippen LogP contribution is -2.30. The van der Waals surface area contributed by atoms with Crippen molar-refractivity contribution in [3.63, 3.8) is 0 Å². The Morgan fingerprint density at radius 2 is 0.474 bits per heavy atom. The fourth-order valence-corrected chi connectivity index (χ4v) is 13.6. The Bertz CT molecular complexity index is 1870. The van der Waals surface area contributed by atoms with Crippen LogP contribution in [0.1, 0.15) is 408 Å². The van der Waals surface area contributed by atoms with Gasteiger partial charge in [-0.25, -0.2) is 9.13 Å². The molecule has 19 heteroatoms. The van der Waals surface area contributed by atoms with Crippen LogP contribution in [-0.4, -0.2) is 96.7 Å². The van der Waals surface area contributed by atoms with Crippen LogP contribution >= 0.6 is 15.6 Å². The first-order valence-corrected chi connectivity index (χ1v) is 43.5. The van der Waals surface area contributed by atoms with Crippen LogP contribution in [0.2, 0.25) is 0 Å². The summed E-state index contributed by atoms with van der Waals surface area (Å²) < 4.78 is 68.6. The standard InChI is InChI=1S/C78H152O17P2/c1-7-9-11-13-15-17-19-20-21-22-23-24-25-30-34-38-44-51-57-63-78(83)94-73(66-88-75(80)60-54-48-42-36-33-29-27-26-28-32-35-40-46-52-58-70(3)4)68-92-96(84,85)90-64-72(79)65-91-97(86,87)93-69-74(67-89-76(81)61-55-49-45-39-41-47-53-59-71(5)6)95-77(82)62-56-50-43-37-31-18-16-14-12-10-8-2/h70-74,79H,7-69H2,1-6H3,(H,84,85)(H,86,87)/t72-,73-,74-/m1/s1. The first-order chi connectivity index (χ1) is 46.9. The van der Waals surface area contributed by atoms with Crippen molar-refractivity contribution in [3.8, 4) is 0 Å². The first kappa shape index (κ1) is 95.1. The predicted octanol–water partition coefficient (Wildman–Crippen LogP) is 23.1. The molecular formula is C78H152O17P2. The number of phosphoric ester groups is 2. The summed E-state index contributed by atoms with van der Waals surface area (Å²) in [6.45, 7) is 9.57. The fraction of sp³-hybridized carbons (Fsp3) is 0.949. The highest BCUT2D eigenvalue weighted by Crippen LogP contribution is 2.45. The van der Waals surface area contributed by atoms with Crippen molar-refractivity contribution < 1.29 is 80.2 Å². The molecule has 5 atom stereocenters. The minimum Gasteiger partial charge on any atom is -0.462 e. The predicted molar refractivity (Wildman–Crippen MR) is 395 cm³/mol. The van der Waals surface area contributed by atoms with Crippen LogP contribution in [-0.2, 0) is 65.4 Å². The molecule has 0 saturated carbocycles. The van der Waals surface area contributed by atoms with Gasteiger partial charge in [0.15, 0.2) is 12.2 Å². The van der Waals surface area contributed by atoms with E-state index < -0.39 is 97.5 Å². The van der Waals surface area contributed by atoms with Gasteiger partial charge in [0.05, 0.1) is 26.4 Å². The van der Waals surface area contributed by atoms with E-state index >= 15 is 0 Å². The Labute approximate surface area is 594 Å². The van der Waals surface area contributed by atoms with Crippen LogP contribution in [0, 0.1) is 11.8 Å². The maximum absolute atomic E-state index is 13.1. The van der Waals surface area contributed by atoms with E-state index in [-0.39, 0.29) is 25.7 Å². The molecule has 17 nitrogen and oxygen atoms in total. The molecule has 0 aliphatic carbocycles. The topological polar surface area (TPSA) is 237 Å². The summed E-state index contributed by atoms with van der Waals surface area (Å²) in [4.78, 5) is 72.8. The lowest BCUT2D eigenvalue weighted by atomic mass is 10.0. The number of rotatable bonds is 77. The van der Waals surface area contributed by atoms with Gasteiger partial charge in [-0.05, 0) is 37.5 Å². The molecule has 0 rings (SSSR count). The number of aliphatic hydroxyl groups excluding tert-OH is 1. The molecule has 0 amide bonds. The van der Waals surface area contributed by atoms with Crippen molar-refractivity contribution in [3.05, 3.63) is 0 Å². The summed E-state index contributed by atoms with van der Waals surface area (Å²) in [7, 11) is -9.91. The highest BCUT2D eigenvalue weighted by molar-refractivity contribution is 7.47. The average molecular weight is 1420 g/mol. The van der Waals surface area contributed by atoms with E-state index in [1.165, 1.54) is 218 Å². The lowest BCUT2D eigenvalue weighted by Gasteiger charge is -2.21. The van der Waals surface area contributed by atoms with E-state index in [4.69, 9.17) is 37.0 Å². The summed E-state index contributed by atoms with van der Waals surface area (Å²) in [6, 6.07) is 0. The van der Waals surface area contributed by atoms with Gasteiger partial charge in [-0.2, -0.15) is 0 Å². The second-order valence-corrected chi connectivity index (χ2v) is 32.0. The third kappa shape index (κ3) is 72.2. The number of hydrogen-bond acceptors (Lipinski definition) is 15. The molecule has 0 fully saturated rings. The van der Waals surface area contributed by atoms with E-state index in [0.717, 1.165) is 102 Å². The molecule has 0 heterocycles. The van der Waals surface area contributed by atoms with Crippen molar-refractivity contribution in [2.24, 2.45) is 11.8 Å². The van der Waals surface area contributed by atoms with E-state index in [0.29, 0.717) is 31.6 Å². The molecular weight excluding hydrogens is 1270 g/mol. The summed E-state index contributed by atoms with van der Waals surface area (Å²) in [5.41, 5.74) is 0. The number of unbranched alkanes of at least 4 members (excludes halogenated alkanes) is 47. The number of hydrogen-bond donors (Lipinski definition) is 3. The molecule has 3 N–H and O–H groups in total. The normalized spacial score (nSPS) is 14.0. The molecule has 576 valence electrons. The zero-order valence-corrected chi connectivity index (χ0v) is 65.2. The van der Waals surface area contributed by atoms with E-state index in [9.17, 15) is 43.2 Å². The molecule has 0 aromatic heterocycles. The summed E-state index contributed by atoms with van der Waals surface area (Å²) >= 11 is 0. The van der Waals surface area contributed by atoms with Crippen LogP contribution in [0.5, 0.6) is 0 Å². The smallest absolute Gasteiger partial charge is 0.462 e. The minimum absolute atomic E-state index is 0.106. The van der Waals surface area contributed by atoms with Gasteiger partial charge in [-0.3, -0.25) is 37.3 Å². The molecule has 97 heavy (non-hydrogen) atoms. The van der Waals surface area contributed by atoms with Crippen LogP contribution in [0.25, 0.3) is 0 Å². The Morgan fingerprint density at radius 3 is 0.701 bits per heavy atom. The molecule has 2 unspecified atom stereocenters. The summed E-state index contributed by atoms with van der Waals surface area (Å²) in [5, 5.41) is 10.6. The second kappa shape index (κ2) is 69.8. The van der Waals surface area contributed by atoms with Crippen molar-refractivity contribution >= 4 is 39.5 Å². The third-order valence-electron chi connectivity index (χ3n) is 18.2. The van der Waals surface area contributed by atoms with E-state index in [1.54, 1.807) is 0 Å². The Morgan fingerprint density at radius 1 is 0.278 bits per heavy atom. The van der Waals surface area contributed by atoms with Gasteiger partial charge in [0.1, 0.15) is 19.3 Å². The zero-order valence-electron chi connectivity index (χ0n) is 63.4. The highest BCUT2D eigenvalue weighted by atomic mass is 31.2. The summed E-state index contributed by atoms with van der Waals surface area (Å²) in [6.07, 6.45) is 58.4. The number of esters is 4. The van der Waals surface area contributed by atoms with Crippen molar-refractivity contribution in [1.29, 1.82) is 0 Å². The van der Waals surface area contributed by atoms with Crippen molar-refractivity contribution in [1.82, 2.24) is 0 Å². The maximum Gasteiger partial charge on any atom is 0.472 e. The van der Waals surface area contributed by atoms with Crippen LogP contribution < -0.4 is 0 Å². The molecule has 0 bridgehead atoms. The Hall–Kier alpha value is -1.94. The highest BCUT2D eigenvalue weighted by Gasteiger charge is 2.30. The average Bonchev–Trinajstić information content (AvgIpc) is 1.22. The van der Waals surface area contributed by atoms with Crippen LogP contribution in [0.4, 0.5) is 0 Å². The molecule has 0 spiro atoms. The van der Waals surface area contributed by atoms with E-state index in [2.05, 4.69) is 41.5 Å². The minimum atomic E-state index is -4.96. The molecule has 0 aromatic rings. The van der Waals surface area contributed by atoms with Crippen molar-refractivity contribution in [2.45, 2.75) is 426 Å². The molecule has 0 aliphatic heterocycles. The van der Waals surface area contributed by atoms with E-state index in [1.807, 2.05) is 0 Å². The first-order valence-electron chi connectivity index (χ1n) is 40.5. The number of carbonyl (C=O) groups excluding carboxylic acids is 4. The van der Waals surface area contributed by atoms with Crippen LogP contribution in [0.15, 0.2) is 0 Å². The number of aliphatic hydroxyl groups is 1. The number of phosphoric acid groups is 2. The molecule has 0 aromatic carbocycles. The molecule has 0 aliphatic rings. The van der Waals surface area contributed by atoms with Crippen LogP contribution in [0.3, 0.4) is 0 Å². The van der Waals surface area contributed by atoms with Gasteiger partial charge in [-0.1, -0.05) is 356 Å². The largest absolute Gasteiger partial charge is 0.472 e. The van der Waals surface area contributed by atoms with Gasteiger partial charge in [-0.15, -0.1) is 0 Å². The fourth-order valence-electron chi connectivity index (χ4n) is 12.0. The van der Waals surface area contributed by atoms with Gasteiger partial charge < -0.3 is 33.8 Å². The quantitative estimate of drug-likeness (QED) is 0.0222.